The monoisotopic (exact) mass is 239 g/mol. The highest BCUT2D eigenvalue weighted by Gasteiger charge is 2.06. The fraction of sp³-hybridized carbons (Fsp3) is 0.182. The molecule has 1 aromatic carbocycles. The summed E-state index contributed by atoms with van der Waals surface area (Å²) in [6.07, 6.45) is 1.86. The van der Waals surface area contributed by atoms with Gasteiger partial charge in [0.15, 0.2) is 0 Å². The van der Waals surface area contributed by atoms with Crippen LogP contribution in [0, 0.1) is 12.7 Å². The van der Waals surface area contributed by atoms with Gasteiger partial charge < -0.3 is 9.88 Å². The van der Waals surface area contributed by atoms with Crippen molar-refractivity contribution in [2.24, 2.45) is 7.05 Å². The molecule has 0 spiro atoms. The highest BCUT2D eigenvalue weighted by molar-refractivity contribution is 6.30. The summed E-state index contributed by atoms with van der Waals surface area (Å²) < 4.78 is 15.3. The van der Waals surface area contributed by atoms with Crippen LogP contribution in [0.3, 0.4) is 0 Å². The predicted molar refractivity (Wildman–Crippen MR) is 62.6 cm³/mol. The Hall–Kier alpha value is -1.55. The molecule has 1 N–H and O–H groups in total. The molecule has 0 unspecified atom stereocenters. The van der Waals surface area contributed by atoms with Crippen molar-refractivity contribution in [2.45, 2.75) is 6.92 Å². The molecule has 84 valence electrons. The number of halogens is 2. The van der Waals surface area contributed by atoms with E-state index in [2.05, 4.69) is 10.3 Å². The topological polar surface area (TPSA) is 29.9 Å². The molecule has 0 fully saturated rings. The molecule has 5 heteroatoms. The van der Waals surface area contributed by atoms with E-state index < -0.39 is 5.82 Å². The number of aromatic nitrogens is 2. The maximum Gasteiger partial charge on any atom is 0.207 e. The first-order valence-corrected chi connectivity index (χ1v) is 5.16. The van der Waals surface area contributed by atoms with Gasteiger partial charge in [0.1, 0.15) is 5.82 Å². The number of benzene rings is 1. The molecule has 0 aliphatic carbocycles. The molecule has 0 saturated carbocycles. The van der Waals surface area contributed by atoms with E-state index in [1.165, 1.54) is 6.07 Å². The van der Waals surface area contributed by atoms with E-state index in [-0.39, 0.29) is 0 Å². The zero-order valence-corrected chi connectivity index (χ0v) is 9.72. The summed E-state index contributed by atoms with van der Waals surface area (Å²) in [4.78, 5) is 4.22. The first-order valence-electron chi connectivity index (χ1n) is 4.78. The van der Waals surface area contributed by atoms with Gasteiger partial charge in [0, 0.05) is 18.3 Å². The first kappa shape index (κ1) is 11.0. The molecule has 1 heterocycles. The van der Waals surface area contributed by atoms with Crippen molar-refractivity contribution in [3.05, 3.63) is 40.9 Å². The third-order valence-corrected chi connectivity index (χ3v) is 2.41. The number of anilines is 2. The minimum atomic E-state index is -0.395. The molecule has 0 atom stereocenters. The number of aryl methyl sites for hydroxylation is 2. The highest BCUT2D eigenvalue weighted by atomic mass is 35.5. The second kappa shape index (κ2) is 4.14. The zero-order chi connectivity index (χ0) is 11.7. The maximum atomic E-state index is 13.5. The van der Waals surface area contributed by atoms with Crippen LogP contribution < -0.4 is 5.32 Å². The first-order chi connectivity index (χ1) is 7.56. The van der Waals surface area contributed by atoms with Gasteiger partial charge in [-0.25, -0.2) is 9.37 Å². The van der Waals surface area contributed by atoms with Crippen LogP contribution >= 0.6 is 11.6 Å². The average Bonchev–Trinajstić information content (AvgIpc) is 2.50. The largest absolute Gasteiger partial charge is 0.323 e. The van der Waals surface area contributed by atoms with Gasteiger partial charge in [0.25, 0.3) is 0 Å². The molecular formula is C11H11ClFN3. The van der Waals surface area contributed by atoms with Gasteiger partial charge in [-0.3, -0.25) is 0 Å². The van der Waals surface area contributed by atoms with E-state index in [9.17, 15) is 4.39 Å². The minimum Gasteiger partial charge on any atom is -0.323 e. The Bertz CT molecular complexity index is 522. The molecule has 16 heavy (non-hydrogen) atoms. The molecule has 0 saturated heterocycles. The molecule has 0 aliphatic heterocycles. The van der Waals surface area contributed by atoms with E-state index in [4.69, 9.17) is 11.6 Å². The number of hydrogen-bond donors (Lipinski definition) is 1. The van der Waals surface area contributed by atoms with Crippen molar-refractivity contribution in [3.8, 4) is 0 Å². The van der Waals surface area contributed by atoms with Gasteiger partial charge in [-0.05, 0) is 25.1 Å². The second-order valence-corrected chi connectivity index (χ2v) is 4.00. The Morgan fingerprint density at radius 1 is 1.44 bits per heavy atom. The Morgan fingerprint density at radius 2 is 2.19 bits per heavy atom. The second-order valence-electron chi connectivity index (χ2n) is 3.57. The standard InChI is InChI=1S/C11H11ClFN3/c1-7-6-16(2)11(14-7)15-10-4-3-8(12)5-9(10)13/h3-6H,1-2H3,(H,14,15). The maximum absolute atomic E-state index is 13.5. The predicted octanol–water partition coefficient (Wildman–Crippen LogP) is 3.26. The highest BCUT2D eigenvalue weighted by Crippen LogP contribution is 2.22. The van der Waals surface area contributed by atoms with E-state index in [1.54, 1.807) is 16.7 Å². The summed E-state index contributed by atoms with van der Waals surface area (Å²) >= 11 is 5.67. The minimum absolute atomic E-state index is 0.359. The average molecular weight is 240 g/mol. The lowest BCUT2D eigenvalue weighted by Gasteiger charge is -2.06. The van der Waals surface area contributed by atoms with Crippen LogP contribution in [0.2, 0.25) is 5.02 Å². The summed E-state index contributed by atoms with van der Waals surface area (Å²) in [5.74, 6) is 0.201. The van der Waals surface area contributed by atoms with Crippen LogP contribution in [0.1, 0.15) is 5.69 Å². The van der Waals surface area contributed by atoms with Crippen LogP contribution in [0.5, 0.6) is 0 Å². The van der Waals surface area contributed by atoms with Gasteiger partial charge in [0.05, 0.1) is 11.4 Å². The SMILES string of the molecule is Cc1cn(C)c(Nc2ccc(Cl)cc2F)n1. The summed E-state index contributed by atoms with van der Waals surface area (Å²) in [7, 11) is 1.84. The molecule has 2 rings (SSSR count). The summed E-state index contributed by atoms with van der Waals surface area (Å²) in [5.41, 5.74) is 1.23. The molecule has 0 amide bonds. The van der Waals surface area contributed by atoms with Crippen LogP contribution in [0.15, 0.2) is 24.4 Å². The van der Waals surface area contributed by atoms with Crippen molar-refractivity contribution in [2.75, 3.05) is 5.32 Å². The lowest BCUT2D eigenvalue weighted by Crippen LogP contribution is -2.00. The zero-order valence-electron chi connectivity index (χ0n) is 8.96. The quantitative estimate of drug-likeness (QED) is 0.872. The molecular weight excluding hydrogens is 229 g/mol. The molecule has 1 aromatic heterocycles. The van der Waals surface area contributed by atoms with Crippen molar-refractivity contribution < 1.29 is 4.39 Å². The molecule has 0 aliphatic rings. The van der Waals surface area contributed by atoms with Gasteiger partial charge in [-0.2, -0.15) is 0 Å². The fourth-order valence-corrected chi connectivity index (χ4v) is 1.60. The molecule has 3 nitrogen and oxygen atoms in total. The van der Waals surface area contributed by atoms with Crippen LogP contribution in [0.25, 0.3) is 0 Å². The van der Waals surface area contributed by atoms with E-state index >= 15 is 0 Å². The summed E-state index contributed by atoms with van der Waals surface area (Å²) in [5, 5.41) is 3.28. The summed E-state index contributed by atoms with van der Waals surface area (Å²) in [6, 6.07) is 4.48. The van der Waals surface area contributed by atoms with Crippen molar-refractivity contribution in [3.63, 3.8) is 0 Å². The lowest BCUT2D eigenvalue weighted by molar-refractivity contribution is 0.631. The van der Waals surface area contributed by atoms with E-state index in [0.717, 1.165) is 5.69 Å². The lowest BCUT2D eigenvalue weighted by atomic mass is 10.3. The Morgan fingerprint density at radius 3 is 2.75 bits per heavy atom. The van der Waals surface area contributed by atoms with Crippen LogP contribution in [0.4, 0.5) is 16.0 Å². The Labute approximate surface area is 97.9 Å². The van der Waals surface area contributed by atoms with Crippen molar-refractivity contribution in [1.29, 1.82) is 0 Å². The van der Waals surface area contributed by atoms with Gasteiger partial charge in [-0.1, -0.05) is 11.6 Å². The normalized spacial score (nSPS) is 10.5. The number of rotatable bonds is 2. The number of nitrogens with zero attached hydrogens (tertiary/aromatic N) is 2. The van der Waals surface area contributed by atoms with Crippen LogP contribution in [-0.4, -0.2) is 9.55 Å². The van der Waals surface area contributed by atoms with Gasteiger partial charge in [0.2, 0.25) is 5.95 Å². The van der Waals surface area contributed by atoms with E-state index in [0.29, 0.717) is 16.7 Å². The fourth-order valence-electron chi connectivity index (χ4n) is 1.44. The van der Waals surface area contributed by atoms with Crippen LogP contribution in [-0.2, 0) is 7.05 Å². The third kappa shape index (κ3) is 2.17. The smallest absolute Gasteiger partial charge is 0.207 e. The molecule has 2 aromatic rings. The van der Waals surface area contributed by atoms with Crippen molar-refractivity contribution >= 4 is 23.2 Å². The third-order valence-electron chi connectivity index (χ3n) is 2.17. The summed E-state index contributed by atoms with van der Waals surface area (Å²) in [6.45, 7) is 1.88. The molecule has 0 radical (unpaired) electrons. The van der Waals surface area contributed by atoms with E-state index in [1.807, 2.05) is 20.2 Å². The number of imidazole rings is 1. The van der Waals surface area contributed by atoms with Crippen molar-refractivity contribution in [1.82, 2.24) is 9.55 Å². The van der Waals surface area contributed by atoms with Gasteiger partial charge >= 0.3 is 0 Å². The van der Waals surface area contributed by atoms with Gasteiger partial charge in [-0.15, -0.1) is 0 Å². The molecule has 0 bridgehead atoms. The number of nitrogens with one attached hydrogen (secondary N) is 1. The number of hydrogen-bond acceptors (Lipinski definition) is 2. The Kier molecular flexibility index (Phi) is 2.83. The Balaban J connectivity index is 2.30.